The highest BCUT2D eigenvalue weighted by Gasteiger charge is 2.30. The van der Waals surface area contributed by atoms with E-state index in [1.165, 1.54) is 12.1 Å². The molecule has 4 nitrogen and oxygen atoms in total. The lowest BCUT2D eigenvalue weighted by atomic mass is 10.2. The molecule has 96 valence electrons. The second-order valence-corrected chi connectivity index (χ2v) is 4.18. The summed E-state index contributed by atoms with van der Waals surface area (Å²) in [6, 6.07) is 4.62. The van der Waals surface area contributed by atoms with Crippen molar-refractivity contribution in [2.24, 2.45) is 0 Å². The number of aromatic nitrogens is 2. The lowest BCUT2D eigenvalue weighted by molar-refractivity contribution is -0.137. The van der Waals surface area contributed by atoms with Crippen LogP contribution in [0.1, 0.15) is 11.3 Å². The van der Waals surface area contributed by atoms with E-state index in [4.69, 9.17) is 10.5 Å². The van der Waals surface area contributed by atoms with Gasteiger partial charge in [0.1, 0.15) is 23.1 Å². The Balaban J connectivity index is 2.09. The molecule has 0 aliphatic heterocycles. The summed E-state index contributed by atoms with van der Waals surface area (Å²) in [4.78, 5) is 0. The fourth-order valence-corrected chi connectivity index (χ4v) is 1.66. The third kappa shape index (κ3) is 2.89. The standard InChI is InChI=1S/C10H8F3N3OS/c11-10(12,13)6-2-1-3-7(4-6)17-5-8-9(14)18-16-15-8/h1-4H,5,14H2. The van der Waals surface area contributed by atoms with Crippen molar-refractivity contribution in [3.8, 4) is 5.75 Å². The quantitative estimate of drug-likeness (QED) is 0.935. The van der Waals surface area contributed by atoms with Crippen LogP contribution in [0.15, 0.2) is 24.3 Å². The zero-order chi connectivity index (χ0) is 13.2. The zero-order valence-electron chi connectivity index (χ0n) is 8.94. The van der Waals surface area contributed by atoms with Gasteiger partial charge < -0.3 is 10.5 Å². The molecule has 0 atom stereocenters. The van der Waals surface area contributed by atoms with E-state index >= 15 is 0 Å². The Kier molecular flexibility index (Phi) is 3.37. The van der Waals surface area contributed by atoms with Crippen LogP contribution in [0.5, 0.6) is 5.75 Å². The molecule has 2 N–H and O–H groups in total. The average Bonchev–Trinajstić information content (AvgIpc) is 2.72. The van der Waals surface area contributed by atoms with Gasteiger partial charge in [-0.3, -0.25) is 0 Å². The second-order valence-electron chi connectivity index (χ2n) is 3.40. The second kappa shape index (κ2) is 4.81. The predicted molar refractivity (Wildman–Crippen MR) is 60.1 cm³/mol. The Hall–Kier alpha value is -1.83. The zero-order valence-corrected chi connectivity index (χ0v) is 9.76. The van der Waals surface area contributed by atoms with Gasteiger partial charge in [0.05, 0.1) is 5.56 Å². The normalized spacial score (nSPS) is 11.5. The first kappa shape index (κ1) is 12.6. The van der Waals surface area contributed by atoms with Crippen molar-refractivity contribution < 1.29 is 17.9 Å². The molecule has 0 bridgehead atoms. The number of benzene rings is 1. The number of ether oxygens (including phenoxy) is 1. The topological polar surface area (TPSA) is 61.0 Å². The van der Waals surface area contributed by atoms with Crippen molar-refractivity contribution in [3.05, 3.63) is 35.5 Å². The van der Waals surface area contributed by atoms with Gasteiger partial charge in [-0.1, -0.05) is 10.6 Å². The maximum absolute atomic E-state index is 12.4. The van der Waals surface area contributed by atoms with Crippen LogP contribution < -0.4 is 10.5 Å². The molecule has 0 saturated heterocycles. The first-order valence-corrected chi connectivity index (χ1v) is 5.61. The van der Waals surface area contributed by atoms with E-state index in [-0.39, 0.29) is 12.4 Å². The molecule has 1 aromatic heterocycles. The summed E-state index contributed by atoms with van der Waals surface area (Å²) in [5, 5.41) is 4.09. The average molecular weight is 275 g/mol. The number of hydrogen-bond acceptors (Lipinski definition) is 5. The van der Waals surface area contributed by atoms with Gasteiger partial charge in [0, 0.05) is 11.5 Å². The van der Waals surface area contributed by atoms with Crippen LogP contribution >= 0.6 is 11.5 Å². The van der Waals surface area contributed by atoms with Crippen molar-refractivity contribution in [2.75, 3.05) is 5.73 Å². The summed E-state index contributed by atoms with van der Waals surface area (Å²) in [5.41, 5.74) is 5.19. The van der Waals surface area contributed by atoms with Crippen molar-refractivity contribution in [1.29, 1.82) is 0 Å². The van der Waals surface area contributed by atoms with Gasteiger partial charge in [-0.15, -0.1) is 5.10 Å². The van der Waals surface area contributed by atoms with Gasteiger partial charge in [-0.25, -0.2) is 0 Å². The van der Waals surface area contributed by atoms with E-state index in [9.17, 15) is 13.2 Å². The third-order valence-electron chi connectivity index (χ3n) is 2.12. The van der Waals surface area contributed by atoms with Crippen LogP contribution in [0.25, 0.3) is 0 Å². The molecule has 0 unspecified atom stereocenters. The summed E-state index contributed by atoms with van der Waals surface area (Å²) < 4.78 is 46.1. The molecule has 0 aliphatic carbocycles. The van der Waals surface area contributed by atoms with E-state index in [1.807, 2.05) is 0 Å². The molecule has 0 radical (unpaired) electrons. The largest absolute Gasteiger partial charge is 0.487 e. The maximum Gasteiger partial charge on any atom is 0.416 e. The SMILES string of the molecule is Nc1snnc1COc1cccc(C(F)(F)F)c1. The molecule has 0 amide bonds. The van der Waals surface area contributed by atoms with Crippen LogP contribution in [0.2, 0.25) is 0 Å². The van der Waals surface area contributed by atoms with Crippen LogP contribution in [0.3, 0.4) is 0 Å². The number of nitrogens with zero attached hydrogens (tertiary/aromatic N) is 2. The Morgan fingerprint density at radius 2 is 2.11 bits per heavy atom. The minimum absolute atomic E-state index is 0.0103. The fraction of sp³-hybridized carbons (Fsp3) is 0.200. The lowest BCUT2D eigenvalue weighted by Crippen LogP contribution is -2.05. The fourth-order valence-electron chi connectivity index (χ4n) is 1.23. The number of nitrogen functional groups attached to an aromatic ring is 1. The Bertz CT molecular complexity index is 541. The van der Waals surface area contributed by atoms with Crippen LogP contribution in [0.4, 0.5) is 18.2 Å². The third-order valence-corrected chi connectivity index (χ3v) is 2.72. The van der Waals surface area contributed by atoms with Crippen molar-refractivity contribution >= 4 is 16.5 Å². The molecule has 1 aromatic carbocycles. The Morgan fingerprint density at radius 3 is 2.72 bits per heavy atom. The molecule has 0 fully saturated rings. The van der Waals surface area contributed by atoms with Gasteiger partial charge in [-0.2, -0.15) is 13.2 Å². The number of rotatable bonds is 3. The molecular formula is C10H8F3N3OS. The number of nitrogens with two attached hydrogens (primary N) is 1. The van der Waals surface area contributed by atoms with E-state index < -0.39 is 11.7 Å². The highest BCUT2D eigenvalue weighted by Crippen LogP contribution is 2.31. The van der Waals surface area contributed by atoms with Gasteiger partial charge in [0.15, 0.2) is 0 Å². The van der Waals surface area contributed by atoms with Gasteiger partial charge in [0.25, 0.3) is 0 Å². The highest BCUT2D eigenvalue weighted by atomic mass is 32.1. The number of anilines is 1. The molecule has 18 heavy (non-hydrogen) atoms. The van der Waals surface area contributed by atoms with Crippen molar-refractivity contribution in [3.63, 3.8) is 0 Å². The van der Waals surface area contributed by atoms with Crippen LogP contribution in [-0.2, 0) is 12.8 Å². The van der Waals surface area contributed by atoms with Crippen LogP contribution in [-0.4, -0.2) is 9.59 Å². The van der Waals surface area contributed by atoms with E-state index in [2.05, 4.69) is 9.59 Å². The molecule has 1 heterocycles. The summed E-state index contributed by atoms with van der Waals surface area (Å²) in [7, 11) is 0. The van der Waals surface area contributed by atoms with Gasteiger partial charge >= 0.3 is 6.18 Å². The maximum atomic E-state index is 12.4. The van der Waals surface area contributed by atoms with Crippen LogP contribution in [0, 0.1) is 0 Å². The van der Waals surface area contributed by atoms with Gasteiger partial charge in [-0.05, 0) is 18.2 Å². The van der Waals surface area contributed by atoms with E-state index in [0.717, 1.165) is 23.7 Å². The summed E-state index contributed by atoms with van der Waals surface area (Å²) in [5.74, 6) is 0.109. The molecule has 8 heteroatoms. The Morgan fingerprint density at radius 1 is 1.33 bits per heavy atom. The van der Waals surface area contributed by atoms with Crippen molar-refractivity contribution in [2.45, 2.75) is 12.8 Å². The first-order chi connectivity index (χ1) is 8.47. The van der Waals surface area contributed by atoms with Crippen molar-refractivity contribution in [1.82, 2.24) is 9.59 Å². The minimum atomic E-state index is -4.39. The smallest absolute Gasteiger partial charge is 0.416 e. The number of halogens is 3. The first-order valence-electron chi connectivity index (χ1n) is 4.83. The summed E-state index contributed by atoms with van der Waals surface area (Å²) in [6.07, 6.45) is -4.39. The number of hydrogen-bond donors (Lipinski definition) is 1. The minimum Gasteiger partial charge on any atom is -0.487 e. The molecule has 0 aliphatic rings. The highest BCUT2D eigenvalue weighted by molar-refractivity contribution is 7.09. The van der Waals surface area contributed by atoms with E-state index in [0.29, 0.717) is 10.7 Å². The molecular weight excluding hydrogens is 267 g/mol. The van der Waals surface area contributed by atoms with E-state index in [1.54, 1.807) is 0 Å². The predicted octanol–water partition coefficient (Wildman–Crippen LogP) is 2.72. The molecule has 2 rings (SSSR count). The Labute approximate surface area is 104 Å². The van der Waals surface area contributed by atoms with Gasteiger partial charge in [0.2, 0.25) is 0 Å². The summed E-state index contributed by atoms with van der Waals surface area (Å²) >= 11 is 1.00. The lowest BCUT2D eigenvalue weighted by Gasteiger charge is -2.09. The molecule has 0 spiro atoms. The summed E-state index contributed by atoms with van der Waals surface area (Å²) in [6.45, 7) is -0.0103. The molecule has 2 aromatic rings. The molecule has 0 saturated carbocycles. The number of alkyl halides is 3. The monoisotopic (exact) mass is 275 g/mol.